The van der Waals surface area contributed by atoms with E-state index >= 15 is 0 Å². The minimum absolute atomic E-state index is 0.135. The van der Waals surface area contributed by atoms with E-state index in [0.717, 1.165) is 0 Å². The molecule has 1 atom stereocenters. The van der Waals surface area contributed by atoms with Gasteiger partial charge in [-0.3, -0.25) is 0 Å². The summed E-state index contributed by atoms with van der Waals surface area (Å²) in [4.78, 5) is 9.54. The number of halogens is 3. The van der Waals surface area contributed by atoms with Gasteiger partial charge < -0.3 is 9.84 Å². The number of ether oxygens (including phenoxy) is 1. The van der Waals surface area contributed by atoms with Gasteiger partial charge in [0.25, 0.3) is 0 Å². The molecule has 0 radical (unpaired) electrons. The fraction of sp³-hybridized carbons (Fsp3) is 0.222. The highest BCUT2D eigenvalue weighted by atomic mass is 35.5. The summed E-state index contributed by atoms with van der Waals surface area (Å²) in [6.45, 7) is 0. The van der Waals surface area contributed by atoms with E-state index < -0.39 is 16.4 Å². The van der Waals surface area contributed by atoms with Crippen molar-refractivity contribution in [2.75, 3.05) is 0 Å². The maximum absolute atomic E-state index is 10.4. The second-order valence-corrected chi connectivity index (χ2v) is 4.28. The van der Waals surface area contributed by atoms with E-state index in [1.165, 1.54) is 6.07 Å². The molecule has 15 heavy (non-hydrogen) atoms. The Kier molecular flexibility index (Phi) is 4.51. The van der Waals surface area contributed by atoms with Crippen molar-refractivity contribution in [3.8, 4) is 5.75 Å². The van der Waals surface area contributed by atoms with Crippen LogP contribution in [0.2, 0.25) is 0 Å². The van der Waals surface area contributed by atoms with Crippen LogP contribution in [0.25, 0.3) is 0 Å². The van der Waals surface area contributed by atoms with Crippen molar-refractivity contribution in [3.63, 3.8) is 0 Å². The van der Waals surface area contributed by atoms with Crippen molar-refractivity contribution in [1.82, 2.24) is 0 Å². The van der Waals surface area contributed by atoms with Gasteiger partial charge in [-0.05, 0) is 6.07 Å². The first-order chi connectivity index (χ1) is 7.02. The summed E-state index contributed by atoms with van der Waals surface area (Å²) in [5, 5.41) is 7.76. The van der Waals surface area contributed by atoms with Crippen LogP contribution >= 0.6 is 34.8 Å². The van der Waals surface area contributed by atoms with E-state index in [1.54, 1.807) is 18.2 Å². The summed E-state index contributed by atoms with van der Waals surface area (Å²) in [5.74, 6) is 0.135. The molecule has 1 N–H and O–H groups in total. The van der Waals surface area contributed by atoms with E-state index in [1.807, 2.05) is 0 Å². The van der Waals surface area contributed by atoms with Gasteiger partial charge in [-0.15, -0.1) is 34.8 Å². The third-order valence-electron chi connectivity index (χ3n) is 1.63. The normalized spacial score (nSPS) is 12.5. The van der Waals surface area contributed by atoms with Crippen LogP contribution in [0.1, 0.15) is 10.9 Å². The van der Waals surface area contributed by atoms with Gasteiger partial charge in [0.15, 0.2) is 0 Å². The molecule has 0 aliphatic rings. The smallest absolute Gasteiger partial charge is 0.449 e. The number of hydrogen-bond acceptors (Lipinski definition) is 2. The maximum Gasteiger partial charge on any atom is 0.511 e. The van der Waals surface area contributed by atoms with Gasteiger partial charge >= 0.3 is 6.16 Å². The molecule has 0 heterocycles. The fourth-order valence-electron chi connectivity index (χ4n) is 1.03. The largest absolute Gasteiger partial charge is 0.511 e. The summed E-state index contributed by atoms with van der Waals surface area (Å²) in [6.07, 6.45) is -1.41. The third kappa shape index (κ3) is 3.45. The van der Waals surface area contributed by atoms with Crippen LogP contribution in [0, 0.1) is 0 Å². The van der Waals surface area contributed by atoms with Crippen molar-refractivity contribution in [2.45, 2.75) is 10.2 Å². The van der Waals surface area contributed by atoms with Crippen LogP contribution in [0.3, 0.4) is 0 Å². The quantitative estimate of drug-likeness (QED) is 0.515. The molecule has 0 aromatic heterocycles. The van der Waals surface area contributed by atoms with Crippen molar-refractivity contribution >= 4 is 41.0 Å². The Morgan fingerprint density at radius 3 is 2.40 bits per heavy atom. The first-order valence-electron chi connectivity index (χ1n) is 3.94. The highest BCUT2D eigenvalue weighted by Gasteiger charge is 2.20. The summed E-state index contributed by atoms with van der Waals surface area (Å²) in [7, 11) is 0. The van der Waals surface area contributed by atoms with Crippen LogP contribution in [-0.4, -0.2) is 16.1 Å². The lowest BCUT2D eigenvalue weighted by Gasteiger charge is -2.13. The molecule has 82 valence electrons. The Morgan fingerprint density at radius 2 is 1.87 bits per heavy atom. The number of alkyl halides is 3. The van der Waals surface area contributed by atoms with Crippen molar-refractivity contribution in [1.29, 1.82) is 0 Å². The van der Waals surface area contributed by atoms with Gasteiger partial charge in [0, 0.05) is 5.56 Å². The molecule has 3 nitrogen and oxygen atoms in total. The SMILES string of the molecule is O=C(O)Oc1ccccc1C(Cl)C(Cl)Cl. The van der Waals surface area contributed by atoms with Crippen molar-refractivity contribution in [3.05, 3.63) is 29.8 Å². The molecule has 1 aromatic rings. The monoisotopic (exact) mass is 268 g/mol. The molecule has 0 saturated carbocycles. The summed E-state index contributed by atoms with van der Waals surface area (Å²) in [5.41, 5.74) is 0.441. The highest BCUT2D eigenvalue weighted by Crippen LogP contribution is 2.35. The molecule has 1 unspecified atom stereocenters. The molecule has 0 aliphatic carbocycles. The average molecular weight is 270 g/mol. The van der Waals surface area contributed by atoms with E-state index in [-0.39, 0.29) is 5.75 Å². The van der Waals surface area contributed by atoms with Crippen molar-refractivity contribution < 1.29 is 14.6 Å². The van der Waals surface area contributed by atoms with E-state index in [2.05, 4.69) is 4.74 Å². The summed E-state index contributed by atoms with van der Waals surface area (Å²) >= 11 is 17.1. The minimum Gasteiger partial charge on any atom is -0.449 e. The minimum atomic E-state index is -1.41. The second-order valence-electron chi connectivity index (χ2n) is 2.64. The van der Waals surface area contributed by atoms with Gasteiger partial charge in [0.1, 0.15) is 10.6 Å². The molecular weight excluding hydrogens is 262 g/mol. The van der Waals surface area contributed by atoms with Gasteiger partial charge in [0.2, 0.25) is 0 Å². The predicted molar refractivity (Wildman–Crippen MR) is 59.2 cm³/mol. The lowest BCUT2D eigenvalue weighted by atomic mass is 10.1. The molecule has 6 heteroatoms. The Labute approximate surface area is 102 Å². The van der Waals surface area contributed by atoms with Crippen LogP contribution in [0.15, 0.2) is 24.3 Å². The molecule has 0 spiro atoms. The molecule has 0 saturated heterocycles. The summed E-state index contributed by atoms with van der Waals surface area (Å²) in [6, 6.07) is 6.40. The van der Waals surface area contributed by atoms with Gasteiger partial charge in [-0.2, -0.15) is 0 Å². The Balaban J connectivity index is 3.00. The summed E-state index contributed by atoms with van der Waals surface area (Å²) < 4.78 is 4.53. The number of carboxylic acid groups (broad SMARTS) is 1. The zero-order valence-electron chi connectivity index (χ0n) is 7.36. The lowest BCUT2D eigenvalue weighted by molar-refractivity contribution is 0.144. The molecule has 0 bridgehead atoms. The van der Waals surface area contributed by atoms with Crippen LogP contribution in [-0.2, 0) is 0 Å². The van der Waals surface area contributed by atoms with Gasteiger partial charge in [0.05, 0.1) is 5.38 Å². The number of para-hydroxylation sites is 1. The Morgan fingerprint density at radius 1 is 1.27 bits per heavy atom. The van der Waals surface area contributed by atoms with Gasteiger partial charge in [-0.25, -0.2) is 4.79 Å². The van der Waals surface area contributed by atoms with Crippen molar-refractivity contribution in [2.24, 2.45) is 0 Å². The van der Waals surface area contributed by atoms with Crippen LogP contribution in [0.4, 0.5) is 4.79 Å². The molecule has 0 fully saturated rings. The molecule has 1 rings (SSSR count). The maximum atomic E-state index is 10.4. The Bertz CT molecular complexity index is 354. The zero-order valence-corrected chi connectivity index (χ0v) is 9.63. The molecule has 0 aliphatic heterocycles. The standard InChI is InChI=1S/C9H7Cl3O3/c10-7(8(11)12)5-3-1-2-4-6(5)15-9(13)14/h1-4,7-8H,(H,13,14). The fourth-order valence-corrected chi connectivity index (χ4v) is 1.48. The van der Waals surface area contributed by atoms with E-state index in [4.69, 9.17) is 39.9 Å². The Hall–Kier alpha value is -0.640. The number of carbonyl (C=O) groups is 1. The highest BCUT2D eigenvalue weighted by molar-refractivity contribution is 6.48. The number of hydrogen-bond donors (Lipinski definition) is 1. The van der Waals surface area contributed by atoms with Crippen LogP contribution < -0.4 is 4.74 Å². The first kappa shape index (κ1) is 12.4. The topological polar surface area (TPSA) is 46.5 Å². The third-order valence-corrected chi connectivity index (χ3v) is 2.88. The lowest BCUT2D eigenvalue weighted by Crippen LogP contribution is -2.08. The average Bonchev–Trinajstić information content (AvgIpc) is 2.16. The second kappa shape index (κ2) is 5.45. The van der Waals surface area contributed by atoms with E-state index in [0.29, 0.717) is 5.56 Å². The molecular formula is C9H7Cl3O3. The first-order valence-corrected chi connectivity index (χ1v) is 5.25. The van der Waals surface area contributed by atoms with Gasteiger partial charge in [-0.1, -0.05) is 18.2 Å². The zero-order chi connectivity index (χ0) is 11.4. The number of benzene rings is 1. The van der Waals surface area contributed by atoms with Crippen LogP contribution in [0.5, 0.6) is 5.75 Å². The number of rotatable bonds is 3. The van der Waals surface area contributed by atoms with E-state index in [9.17, 15) is 4.79 Å². The molecule has 1 aromatic carbocycles. The predicted octanol–water partition coefficient (Wildman–Crippen LogP) is 3.83. The molecule has 0 amide bonds.